The molecule has 0 unspecified atom stereocenters. The first-order chi connectivity index (χ1) is 13.6. The van der Waals surface area contributed by atoms with E-state index in [-0.39, 0.29) is 17.3 Å². The van der Waals surface area contributed by atoms with Crippen molar-refractivity contribution in [1.29, 1.82) is 0 Å². The zero-order valence-electron chi connectivity index (χ0n) is 16.4. The predicted molar refractivity (Wildman–Crippen MR) is 104 cm³/mol. The quantitative estimate of drug-likeness (QED) is 0.887. The first-order valence-electron chi connectivity index (χ1n) is 10.4. The number of aromatic nitrogens is 2. The Morgan fingerprint density at radius 1 is 1.29 bits per heavy atom. The van der Waals surface area contributed by atoms with Crippen molar-refractivity contribution in [2.45, 2.75) is 51.1 Å². The zero-order chi connectivity index (χ0) is 19.3. The molecule has 1 saturated carbocycles. The van der Waals surface area contributed by atoms with E-state index < -0.39 is 0 Å². The minimum atomic E-state index is -0.297. The lowest BCUT2D eigenvalue weighted by Gasteiger charge is -2.50. The summed E-state index contributed by atoms with van der Waals surface area (Å²) in [5, 5.41) is 0. The van der Waals surface area contributed by atoms with Gasteiger partial charge in [-0.3, -0.25) is 9.69 Å². The third-order valence-corrected chi connectivity index (χ3v) is 6.73. The van der Waals surface area contributed by atoms with Gasteiger partial charge < -0.3 is 9.88 Å². The maximum Gasteiger partial charge on any atom is 0.226 e. The summed E-state index contributed by atoms with van der Waals surface area (Å²) in [6.45, 7) is 5.07. The second kappa shape index (κ2) is 6.69. The zero-order valence-corrected chi connectivity index (χ0v) is 16.4. The van der Waals surface area contributed by atoms with Gasteiger partial charge in [0.05, 0.1) is 17.6 Å². The lowest BCUT2D eigenvalue weighted by Crippen LogP contribution is -2.58. The van der Waals surface area contributed by atoms with E-state index in [2.05, 4.69) is 19.8 Å². The second-order valence-electron chi connectivity index (χ2n) is 8.65. The average molecular weight is 382 g/mol. The highest BCUT2D eigenvalue weighted by molar-refractivity contribution is 5.82. The maximum atomic E-state index is 14.2. The minimum Gasteiger partial charge on any atom is -0.348 e. The highest BCUT2D eigenvalue weighted by Crippen LogP contribution is 2.45. The van der Waals surface area contributed by atoms with Crippen molar-refractivity contribution in [1.82, 2.24) is 19.8 Å². The number of benzene rings is 1. The molecule has 1 aromatic carbocycles. The van der Waals surface area contributed by atoms with Crippen LogP contribution in [0.1, 0.15) is 48.2 Å². The number of aryl methyl sites for hydroxylation is 1. The molecule has 1 aromatic heterocycles. The van der Waals surface area contributed by atoms with E-state index in [0.717, 1.165) is 68.6 Å². The lowest BCUT2D eigenvalue weighted by atomic mass is 9.78. The topological polar surface area (TPSA) is 52.2 Å². The molecule has 0 atom stereocenters. The van der Waals surface area contributed by atoms with Crippen molar-refractivity contribution in [3.8, 4) is 0 Å². The van der Waals surface area contributed by atoms with Gasteiger partial charge in [-0.15, -0.1) is 0 Å². The summed E-state index contributed by atoms with van der Waals surface area (Å²) >= 11 is 0. The van der Waals surface area contributed by atoms with Gasteiger partial charge in [0.1, 0.15) is 5.82 Å². The summed E-state index contributed by atoms with van der Waals surface area (Å²) in [6, 6.07) is 5.31. The van der Waals surface area contributed by atoms with E-state index in [9.17, 15) is 9.18 Å². The number of H-pyrrole nitrogens is 1. The summed E-state index contributed by atoms with van der Waals surface area (Å²) in [5.74, 6) is 0.396. The number of fused-ring (bicyclic) bond motifs is 2. The molecule has 3 heterocycles. The number of hydrogen-bond acceptors (Lipinski definition) is 3. The number of rotatable bonds is 3. The number of piperidine rings is 1. The molecule has 1 saturated heterocycles. The van der Waals surface area contributed by atoms with Crippen LogP contribution in [0.2, 0.25) is 0 Å². The van der Waals surface area contributed by atoms with Gasteiger partial charge in [0.15, 0.2) is 0 Å². The van der Waals surface area contributed by atoms with Gasteiger partial charge >= 0.3 is 0 Å². The van der Waals surface area contributed by atoms with Crippen LogP contribution in [0.4, 0.5) is 4.39 Å². The Hall–Kier alpha value is -2.21. The highest BCUT2D eigenvalue weighted by atomic mass is 19.1. The Bertz CT molecular complexity index is 896. The Balaban J connectivity index is 1.38. The van der Waals surface area contributed by atoms with Crippen LogP contribution in [0.15, 0.2) is 24.5 Å². The molecule has 6 heteroatoms. The number of likely N-dealkylation sites (tertiary alicyclic amines) is 1. The van der Waals surface area contributed by atoms with Gasteiger partial charge in [-0.1, -0.05) is 17.7 Å². The van der Waals surface area contributed by atoms with E-state index in [4.69, 9.17) is 0 Å². The summed E-state index contributed by atoms with van der Waals surface area (Å²) in [4.78, 5) is 25.4. The van der Waals surface area contributed by atoms with Crippen LogP contribution < -0.4 is 0 Å². The molecule has 2 fully saturated rings. The van der Waals surface area contributed by atoms with Gasteiger partial charge in [0.25, 0.3) is 0 Å². The predicted octanol–water partition coefficient (Wildman–Crippen LogP) is 3.14. The summed E-state index contributed by atoms with van der Waals surface area (Å²) in [5.41, 5.74) is 3.78. The molecule has 1 N–H and O–H groups in total. The molecule has 2 aromatic rings. The molecule has 3 aliphatic rings. The standard InChI is InChI=1S/C22H27FN4O/c1-15-2-5-18(23)17(12-15)13-26-10-7-22(8-11-26)20-19(24-14-25-20)6-9-27(22)21(28)16-3-4-16/h2,5,12,14,16H,3-4,6-11,13H2,1H3,(H,24,25). The second-order valence-corrected chi connectivity index (χ2v) is 8.65. The summed E-state index contributed by atoms with van der Waals surface area (Å²) in [7, 11) is 0. The Morgan fingerprint density at radius 3 is 2.82 bits per heavy atom. The third-order valence-electron chi connectivity index (χ3n) is 6.73. The number of imidazole rings is 1. The lowest BCUT2D eigenvalue weighted by molar-refractivity contribution is -0.143. The van der Waals surface area contributed by atoms with Crippen LogP contribution in [0, 0.1) is 18.7 Å². The van der Waals surface area contributed by atoms with Crippen LogP contribution in [-0.4, -0.2) is 45.3 Å². The smallest absolute Gasteiger partial charge is 0.226 e. The number of halogens is 1. The SMILES string of the molecule is Cc1ccc(F)c(CN2CCC3(CC2)c2nc[nH]c2CCN3C(=O)C2CC2)c1. The van der Waals surface area contributed by atoms with E-state index in [1.807, 2.05) is 19.1 Å². The molecule has 0 radical (unpaired) electrons. The number of hydrogen-bond donors (Lipinski definition) is 1. The Morgan fingerprint density at radius 2 is 2.07 bits per heavy atom. The third kappa shape index (κ3) is 2.94. The van der Waals surface area contributed by atoms with Crippen LogP contribution in [0.3, 0.4) is 0 Å². The molecular formula is C22H27FN4O. The first kappa shape index (κ1) is 17.9. The van der Waals surface area contributed by atoms with E-state index in [1.165, 1.54) is 5.69 Å². The van der Waals surface area contributed by atoms with Crippen molar-refractivity contribution in [2.24, 2.45) is 5.92 Å². The molecule has 28 heavy (non-hydrogen) atoms. The largest absolute Gasteiger partial charge is 0.348 e. The van der Waals surface area contributed by atoms with Crippen molar-refractivity contribution >= 4 is 5.91 Å². The van der Waals surface area contributed by atoms with E-state index in [1.54, 1.807) is 12.4 Å². The number of amides is 1. The van der Waals surface area contributed by atoms with Gasteiger partial charge in [-0.05, 0) is 38.7 Å². The molecule has 1 aliphatic carbocycles. The van der Waals surface area contributed by atoms with Gasteiger partial charge in [-0.2, -0.15) is 0 Å². The van der Waals surface area contributed by atoms with Crippen LogP contribution in [0.25, 0.3) is 0 Å². The average Bonchev–Trinajstić information content (AvgIpc) is 3.43. The molecule has 2 aliphatic heterocycles. The van der Waals surface area contributed by atoms with Crippen molar-refractivity contribution in [3.63, 3.8) is 0 Å². The summed E-state index contributed by atoms with van der Waals surface area (Å²) in [6.07, 6.45) is 6.39. The number of nitrogens with one attached hydrogen (secondary N) is 1. The number of carbonyl (C=O) groups excluding carboxylic acids is 1. The molecule has 148 valence electrons. The number of nitrogens with zero attached hydrogens (tertiary/aromatic N) is 3. The fourth-order valence-corrected chi connectivity index (χ4v) is 5.00. The fraction of sp³-hybridized carbons (Fsp3) is 0.545. The van der Waals surface area contributed by atoms with Crippen molar-refractivity contribution < 1.29 is 9.18 Å². The van der Waals surface area contributed by atoms with E-state index >= 15 is 0 Å². The minimum absolute atomic E-state index is 0.135. The normalized spacial score (nSPS) is 21.7. The Kier molecular flexibility index (Phi) is 4.27. The monoisotopic (exact) mass is 382 g/mol. The van der Waals surface area contributed by atoms with E-state index in [0.29, 0.717) is 12.5 Å². The first-order valence-corrected chi connectivity index (χ1v) is 10.4. The van der Waals surface area contributed by atoms with Crippen LogP contribution in [0.5, 0.6) is 0 Å². The van der Waals surface area contributed by atoms with Crippen molar-refractivity contribution in [3.05, 3.63) is 52.9 Å². The maximum absolute atomic E-state index is 14.2. The van der Waals surface area contributed by atoms with Crippen molar-refractivity contribution in [2.75, 3.05) is 19.6 Å². The van der Waals surface area contributed by atoms with Gasteiger partial charge in [0, 0.05) is 49.8 Å². The fourth-order valence-electron chi connectivity index (χ4n) is 5.00. The highest BCUT2D eigenvalue weighted by Gasteiger charge is 2.50. The molecule has 1 amide bonds. The van der Waals surface area contributed by atoms with Crippen LogP contribution in [-0.2, 0) is 23.3 Å². The molecule has 1 spiro atoms. The van der Waals surface area contributed by atoms with Crippen LogP contribution >= 0.6 is 0 Å². The molecule has 5 rings (SSSR count). The molecule has 0 bridgehead atoms. The van der Waals surface area contributed by atoms with Gasteiger partial charge in [-0.25, -0.2) is 9.37 Å². The Labute approximate surface area is 164 Å². The van der Waals surface area contributed by atoms with Gasteiger partial charge in [0.2, 0.25) is 5.91 Å². The number of aromatic amines is 1. The molecular weight excluding hydrogens is 355 g/mol. The summed E-state index contributed by atoms with van der Waals surface area (Å²) < 4.78 is 14.2. The molecule has 5 nitrogen and oxygen atoms in total. The number of carbonyl (C=O) groups is 1.